The van der Waals surface area contributed by atoms with E-state index in [9.17, 15) is 13.6 Å². The number of nitrogens with zero attached hydrogens (tertiary/aromatic N) is 2. The van der Waals surface area contributed by atoms with Gasteiger partial charge in [0.1, 0.15) is 23.0 Å². The summed E-state index contributed by atoms with van der Waals surface area (Å²) in [6.45, 7) is 3.61. The van der Waals surface area contributed by atoms with Gasteiger partial charge in [0, 0.05) is 12.3 Å². The number of carbonyl (C=O) groups is 1. The van der Waals surface area contributed by atoms with Crippen LogP contribution < -0.4 is 5.32 Å². The third-order valence-corrected chi connectivity index (χ3v) is 3.34. The SMILES string of the molecule is Cc1ccc2nc(C)c(C(=O)Nc3ccc(F)cc3F)n2c1. The van der Waals surface area contributed by atoms with Gasteiger partial charge in [0.05, 0.1) is 11.4 Å². The van der Waals surface area contributed by atoms with E-state index in [0.717, 1.165) is 17.7 Å². The van der Waals surface area contributed by atoms with Gasteiger partial charge in [0.25, 0.3) is 5.91 Å². The predicted octanol–water partition coefficient (Wildman–Crippen LogP) is 3.48. The van der Waals surface area contributed by atoms with Gasteiger partial charge in [-0.3, -0.25) is 9.20 Å². The van der Waals surface area contributed by atoms with Crippen molar-refractivity contribution in [2.75, 3.05) is 5.32 Å². The number of imidazole rings is 1. The molecule has 1 N–H and O–H groups in total. The number of amides is 1. The summed E-state index contributed by atoms with van der Waals surface area (Å²) in [4.78, 5) is 16.7. The van der Waals surface area contributed by atoms with E-state index in [-0.39, 0.29) is 5.69 Å². The molecule has 0 aliphatic carbocycles. The number of hydrogen-bond acceptors (Lipinski definition) is 2. The van der Waals surface area contributed by atoms with Crippen LogP contribution >= 0.6 is 0 Å². The summed E-state index contributed by atoms with van der Waals surface area (Å²) in [5.41, 5.74) is 2.38. The van der Waals surface area contributed by atoms with E-state index in [1.165, 1.54) is 6.07 Å². The van der Waals surface area contributed by atoms with E-state index in [4.69, 9.17) is 0 Å². The molecule has 6 heteroatoms. The Morgan fingerprint density at radius 2 is 1.95 bits per heavy atom. The molecule has 22 heavy (non-hydrogen) atoms. The zero-order chi connectivity index (χ0) is 15.9. The molecule has 2 aromatic heterocycles. The van der Waals surface area contributed by atoms with Crippen molar-refractivity contribution in [3.8, 4) is 0 Å². The maximum Gasteiger partial charge on any atom is 0.274 e. The van der Waals surface area contributed by atoms with Crippen molar-refractivity contribution in [3.05, 3.63) is 65.1 Å². The van der Waals surface area contributed by atoms with Crippen LogP contribution in [0.4, 0.5) is 14.5 Å². The molecule has 0 saturated carbocycles. The van der Waals surface area contributed by atoms with E-state index in [2.05, 4.69) is 10.3 Å². The van der Waals surface area contributed by atoms with Gasteiger partial charge >= 0.3 is 0 Å². The number of aromatic nitrogens is 2. The molecule has 0 radical (unpaired) electrons. The molecule has 0 fully saturated rings. The second kappa shape index (κ2) is 5.22. The smallest absolute Gasteiger partial charge is 0.274 e. The van der Waals surface area contributed by atoms with Crippen molar-refractivity contribution in [1.82, 2.24) is 9.38 Å². The molecular formula is C16H13F2N3O. The van der Waals surface area contributed by atoms with Crippen molar-refractivity contribution >= 4 is 17.2 Å². The number of anilines is 1. The van der Waals surface area contributed by atoms with Gasteiger partial charge in [-0.05, 0) is 37.6 Å². The van der Waals surface area contributed by atoms with E-state index >= 15 is 0 Å². The number of fused-ring (bicyclic) bond motifs is 1. The van der Waals surface area contributed by atoms with Gasteiger partial charge in [-0.1, -0.05) is 6.07 Å². The zero-order valence-corrected chi connectivity index (χ0v) is 12.0. The molecule has 0 saturated heterocycles. The van der Waals surface area contributed by atoms with Gasteiger partial charge in [-0.2, -0.15) is 0 Å². The molecule has 0 aliphatic rings. The molecule has 1 amide bonds. The van der Waals surface area contributed by atoms with E-state index in [0.29, 0.717) is 17.0 Å². The number of aryl methyl sites for hydroxylation is 2. The van der Waals surface area contributed by atoms with Crippen molar-refractivity contribution in [2.24, 2.45) is 0 Å². The number of hydrogen-bond donors (Lipinski definition) is 1. The maximum atomic E-state index is 13.7. The predicted molar refractivity (Wildman–Crippen MR) is 79.0 cm³/mol. The van der Waals surface area contributed by atoms with E-state index in [1.807, 2.05) is 13.0 Å². The van der Waals surface area contributed by atoms with Crippen LogP contribution in [0, 0.1) is 25.5 Å². The second-order valence-electron chi connectivity index (χ2n) is 5.06. The highest BCUT2D eigenvalue weighted by Gasteiger charge is 2.18. The molecule has 112 valence electrons. The lowest BCUT2D eigenvalue weighted by molar-refractivity contribution is 0.102. The lowest BCUT2D eigenvalue weighted by Gasteiger charge is -2.07. The molecule has 0 aliphatic heterocycles. The summed E-state index contributed by atoms with van der Waals surface area (Å²) in [6, 6.07) is 6.69. The number of benzene rings is 1. The van der Waals surface area contributed by atoms with Crippen LogP contribution in [0.25, 0.3) is 5.65 Å². The Kier molecular flexibility index (Phi) is 3.36. The fraction of sp³-hybridized carbons (Fsp3) is 0.125. The Morgan fingerprint density at radius 1 is 1.18 bits per heavy atom. The van der Waals surface area contributed by atoms with Crippen LogP contribution in [0.15, 0.2) is 36.5 Å². The minimum Gasteiger partial charge on any atom is -0.318 e. The Labute approximate surface area is 125 Å². The van der Waals surface area contributed by atoms with Crippen LogP contribution in [0.3, 0.4) is 0 Å². The van der Waals surface area contributed by atoms with Gasteiger partial charge in [-0.25, -0.2) is 13.8 Å². The second-order valence-corrected chi connectivity index (χ2v) is 5.06. The minimum atomic E-state index is -0.823. The monoisotopic (exact) mass is 301 g/mol. The highest BCUT2D eigenvalue weighted by molar-refractivity contribution is 6.04. The molecule has 0 unspecified atom stereocenters. The molecule has 4 nitrogen and oxygen atoms in total. The van der Waals surface area contributed by atoms with Gasteiger partial charge < -0.3 is 5.32 Å². The Balaban J connectivity index is 2.02. The lowest BCUT2D eigenvalue weighted by atomic mass is 10.2. The first-order chi connectivity index (χ1) is 10.5. The third kappa shape index (κ3) is 2.43. The molecule has 0 spiro atoms. The van der Waals surface area contributed by atoms with Crippen LogP contribution in [-0.2, 0) is 0 Å². The van der Waals surface area contributed by atoms with Gasteiger partial charge in [-0.15, -0.1) is 0 Å². The molecule has 0 bridgehead atoms. The van der Waals surface area contributed by atoms with Crippen molar-refractivity contribution in [1.29, 1.82) is 0 Å². The number of carbonyl (C=O) groups excluding carboxylic acids is 1. The molecule has 1 aromatic carbocycles. The Bertz CT molecular complexity index is 886. The highest BCUT2D eigenvalue weighted by atomic mass is 19.1. The first-order valence-corrected chi connectivity index (χ1v) is 6.67. The topological polar surface area (TPSA) is 46.4 Å². The largest absolute Gasteiger partial charge is 0.318 e. The minimum absolute atomic E-state index is 0.0756. The highest BCUT2D eigenvalue weighted by Crippen LogP contribution is 2.18. The molecule has 0 atom stereocenters. The Morgan fingerprint density at radius 3 is 2.68 bits per heavy atom. The average Bonchev–Trinajstić information content (AvgIpc) is 2.77. The van der Waals surface area contributed by atoms with Gasteiger partial charge in [0.2, 0.25) is 0 Å². The van der Waals surface area contributed by atoms with Crippen molar-refractivity contribution in [2.45, 2.75) is 13.8 Å². The number of nitrogens with one attached hydrogen (secondary N) is 1. The fourth-order valence-corrected chi connectivity index (χ4v) is 2.31. The van der Waals surface area contributed by atoms with E-state index < -0.39 is 17.5 Å². The summed E-state index contributed by atoms with van der Waals surface area (Å²) in [6.07, 6.45) is 1.78. The van der Waals surface area contributed by atoms with Crippen LogP contribution in [0.5, 0.6) is 0 Å². The van der Waals surface area contributed by atoms with Crippen molar-refractivity contribution < 1.29 is 13.6 Å². The molecule has 2 heterocycles. The summed E-state index contributed by atoms with van der Waals surface area (Å²) in [7, 11) is 0. The van der Waals surface area contributed by atoms with E-state index in [1.54, 1.807) is 23.6 Å². The summed E-state index contributed by atoms with van der Waals surface area (Å²) >= 11 is 0. The number of halogens is 2. The third-order valence-electron chi connectivity index (χ3n) is 3.34. The molecular weight excluding hydrogens is 288 g/mol. The summed E-state index contributed by atoms with van der Waals surface area (Å²) < 4.78 is 28.2. The molecule has 3 aromatic rings. The summed E-state index contributed by atoms with van der Waals surface area (Å²) in [5.74, 6) is -2.02. The molecule has 3 rings (SSSR count). The number of pyridine rings is 1. The normalized spacial score (nSPS) is 10.9. The first kappa shape index (κ1) is 14.2. The first-order valence-electron chi connectivity index (χ1n) is 6.67. The number of rotatable bonds is 2. The zero-order valence-electron chi connectivity index (χ0n) is 12.0. The summed E-state index contributed by atoms with van der Waals surface area (Å²) in [5, 5.41) is 2.45. The van der Waals surface area contributed by atoms with Crippen LogP contribution in [0.2, 0.25) is 0 Å². The Hall–Kier alpha value is -2.76. The van der Waals surface area contributed by atoms with Gasteiger partial charge in [0.15, 0.2) is 0 Å². The maximum absolute atomic E-state index is 13.7. The quantitative estimate of drug-likeness (QED) is 0.787. The van der Waals surface area contributed by atoms with Crippen LogP contribution in [-0.4, -0.2) is 15.3 Å². The average molecular weight is 301 g/mol. The van der Waals surface area contributed by atoms with Crippen molar-refractivity contribution in [3.63, 3.8) is 0 Å². The van der Waals surface area contributed by atoms with Crippen LogP contribution in [0.1, 0.15) is 21.7 Å². The standard InChI is InChI=1S/C16H13F2N3O/c1-9-3-6-14-19-10(2)15(21(14)8-9)16(22)20-13-5-4-11(17)7-12(13)18/h3-8H,1-2H3,(H,20,22). The fourth-order valence-electron chi connectivity index (χ4n) is 2.31. The lowest BCUT2D eigenvalue weighted by Crippen LogP contribution is -2.16.